The molecule has 0 atom stereocenters. The summed E-state index contributed by atoms with van der Waals surface area (Å²) >= 11 is 0. The Hall–Kier alpha value is -3.93. The summed E-state index contributed by atoms with van der Waals surface area (Å²) < 4.78 is 5.35. The van der Waals surface area contributed by atoms with E-state index in [-0.39, 0.29) is 12.4 Å². The average Bonchev–Trinajstić information content (AvgIpc) is 2.77. The number of amides is 1. The van der Waals surface area contributed by atoms with Crippen LogP contribution >= 0.6 is 0 Å². The first-order valence-electron chi connectivity index (χ1n) is 9.49. The Morgan fingerprint density at radius 3 is 1.93 bits per heavy atom. The second kappa shape index (κ2) is 9.52. The smallest absolute Gasteiger partial charge is 0.255 e. The van der Waals surface area contributed by atoms with Crippen molar-refractivity contribution in [3.05, 3.63) is 94.4 Å². The van der Waals surface area contributed by atoms with E-state index in [9.17, 15) is 14.8 Å². The lowest BCUT2D eigenvalue weighted by atomic mass is 9.88. The zero-order chi connectivity index (χ0) is 21.5. The van der Waals surface area contributed by atoms with Gasteiger partial charge in [-0.1, -0.05) is 43.3 Å². The van der Waals surface area contributed by atoms with Gasteiger partial charge in [-0.05, 0) is 75.8 Å². The maximum absolute atomic E-state index is 10.9. The monoisotopic (exact) mass is 402 g/mol. The predicted molar refractivity (Wildman–Crippen MR) is 117 cm³/mol. The summed E-state index contributed by atoms with van der Waals surface area (Å²) in [5, 5.41) is 12.7. The van der Waals surface area contributed by atoms with Gasteiger partial charge in [0.1, 0.15) is 17.2 Å². The van der Waals surface area contributed by atoms with Crippen LogP contribution < -0.4 is 10.5 Å². The van der Waals surface area contributed by atoms with Gasteiger partial charge in [-0.3, -0.25) is 4.79 Å². The van der Waals surface area contributed by atoms with E-state index < -0.39 is 5.91 Å². The summed E-state index contributed by atoms with van der Waals surface area (Å²) in [5.41, 5.74) is 10.4. The fraction of sp³-hybridized carbons (Fsp3) is 0.125. The van der Waals surface area contributed by atoms with Crippen LogP contribution in [0.25, 0.3) is 11.1 Å². The van der Waals surface area contributed by atoms with Crippen LogP contribution in [0.3, 0.4) is 0 Å². The number of hydrogen-bond donors (Lipinski definition) is 2. The van der Waals surface area contributed by atoms with E-state index in [4.69, 9.17) is 10.5 Å². The molecular weight excluding hydrogens is 380 g/mol. The van der Waals surface area contributed by atoms with Gasteiger partial charge in [-0.2, -0.15) is 0 Å². The lowest BCUT2D eigenvalue weighted by molar-refractivity contribution is -0.119. The molecule has 30 heavy (non-hydrogen) atoms. The third kappa shape index (κ3) is 4.91. The topological polar surface area (TPSA) is 102 Å². The van der Waals surface area contributed by atoms with Crippen molar-refractivity contribution >= 4 is 22.7 Å². The summed E-state index contributed by atoms with van der Waals surface area (Å²) in [6.45, 7) is 1.89. The maximum Gasteiger partial charge on any atom is 0.255 e. The number of carbonyl (C=O) groups excluding carboxylic acids is 1. The lowest BCUT2D eigenvalue weighted by Gasteiger charge is -2.17. The number of benzene rings is 3. The van der Waals surface area contributed by atoms with E-state index in [2.05, 4.69) is 12.1 Å². The highest BCUT2D eigenvalue weighted by molar-refractivity contribution is 5.98. The summed E-state index contributed by atoms with van der Waals surface area (Å²) in [5.74, 6) is 0.212. The van der Waals surface area contributed by atoms with Gasteiger partial charge in [0, 0.05) is 0 Å². The average molecular weight is 402 g/mol. The minimum Gasteiger partial charge on any atom is -0.508 e. The Morgan fingerprint density at radius 2 is 1.43 bits per heavy atom. The molecule has 0 saturated carbocycles. The molecule has 0 aromatic heterocycles. The fourth-order valence-electron chi connectivity index (χ4n) is 3.26. The Labute approximate surface area is 174 Å². The van der Waals surface area contributed by atoms with Crippen LogP contribution in [0.5, 0.6) is 11.5 Å². The number of ether oxygens (including phenoxy) is 1. The number of nitrogens with two attached hydrogens (primary N) is 1. The molecule has 3 aromatic rings. The first-order valence-corrected chi connectivity index (χ1v) is 9.49. The molecule has 0 aliphatic carbocycles. The van der Waals surface area contributed by atoms with Gasteiger partial charge in [0.25, 0.3) is 5.91 Å². The SMILES string of the molecule is CC/C(=C(\c1ccc(O)cc1)c1ccc(N=O)cc1)c1ccc(OCC(N)=O)cc1. The molecule has 6 nitrogen and oxygen atoms in total. The molecule has 0 fully saturated rings. The number of nitrogens with zero attached hydrogens (tertiary/aromatic N) is 1. The maximum atomic E-state index is 10.9. The molecular formula is C24H22N2O4. The van der Waals surface area contributed by atoms with Crippen molar-refractivity contribution in [1.29, 1.82) is 0 Å². The second-order valence-electron chi connectivity index (χ2n) is 6.67. The van der Waals surface area contributed by atoms with Gasteiger partial charge in [-0.25, -0.2) is 0 Å². The first-order chi connectivity index (χ1) is 14.5. The van der Waals surface area contributed by atoms with E-state index in [1.54, 1.807) is 36.4 Å². The van der Waals surface area contributed by atoms with Crippen LogP contribution in [-0.4, -0.2) is 17.6 Å². The van der Waals surface area contributed by atoms with E-state index in [0.717, 1.165) is 34.3 Å². The van der Waals surface area contributed by atoms with Gasteiger partial charge < -0.3 is 15.6 Å². The van der Waals surface area contributed by atoms with Gasteiger partial charge in [0.2, 0.25) is 0 Å². The Bertz CT molecular complexity index is 1050. The molecule has 3 N–H and O–H groups in total. The second-order valence-corrected chi connectivity index (χ2v) is 6.67. The van der Waals surface area contributed by atoms with Crippen LogP contribution in [0.4, 0.5) is 5.69 Å². The number of primary amides is 1. The standard InChI is InChI=1S/C24H22N2O4/c1-2-22(16-7-13-21(14-8-16)30-15-23(25)28)24(18-5-11-20(27)12-6-18)17-3-9-19(26-29)10-4-17/h3-14,27H,2,15H2,1H3,(H2,25,28)/b24-22+. The molecule has 0 unspecified atom stereocenters. The number of phenols is 1. The van der Waals surface area contributed by atoms with Crippen LogP contribution in [0.15, 0.2) is 78.0 Å². The Kier molecular flexibility index (Phi) is 6.60. The van der Waals surface area contributed by atoms with Crippen LogP contribution in [-0.2, 0) is 4.79 Å². The lowest BCUT2D eigenvalue weighted by Crippen LogP contribution is -2.19. The molecule has 0 aliphatic rings. The number of rotatable bonds is 8. The fourth-order valence-corrected chi connectivity index (χ4v) is 3.26. The van der Waals surface area contributed by atoms with Crippen molar-refractivity contribution in [2.75, 3.05) is 6.61 Å². The molecule has 0 spiro atoms. The highest BCUT2D eigenvalue weighted by atomic mass is 16.5. The molecule has 0 radical (unpaired) electrons. The van der Waals surface area contributed by atoms with Crippen molar-refractivity contribution in [3.8, 4) is 11.5 Å². The van der Waals surface area contributed by atoms with Gasteiger partial charge >= 0.3 is 0 Å². The van der Waals surface area contributed by atoms with Gasteiger partial charge in [0.05, 0.1) is 0 Å². The minimum absolute atomic E-state index is 0.175. The molecule has 0 aliphatic heterocycles. The van der Waals surface area contributed by atoms with E-state index in [0.29, 0.717) is 11.4 Å². The number of hydrogen-bond acceptors (Lipinski definition) is 5. The number of nitroso groups, excluding NO2 is 1. The minimum atomic E-state index is -0.531. The zero-order valence-corrected chi connectivity index (χ0v) is 16.5. The molecule has 0 saturated heterocycles. The summed E-state index contributed by atoms with van der Waals surface area (Å²) in [6.07, 6.45) is 0.741. The van der Waals surface area contributed by atoms with Crippen molar-refractivity contribution in [2.24, 2.45) is 10.9 Å². The quantitative estimate of drug-likeness (QED) is 0.408. The molecule has 3 aromatic carbocycles. The summed E-state index contributed by atoms with van der Waals surface area (Å²) in [4.78, 5) is 21.7. The Morgan fingerprint density at radius 1 is 0.900 bits per heavy atom. The molecule has 3 rings (SSSR count). The molecule has 1 amide bonds. The Balaban J connectivity index is 2.10. The highest BCUT2D eigenvalue weighted by Crippen LogP contribution is 2.36. The largest absolute Gasteiger partial charge is 0.508 e. The zero-order valence-electron chi connectivity index (χ0n) is 16.5. The van der Waals surface area contributed by atoms with Crippen LogP contribution in [0.1, 0.15) is 30.0 Å². The predicted octanol–water partition coefficient (Wildman–Crippen LogP) is 5.02. The molecule has 0 heterocycles. The van der Waals surface area contributed by atoms with E-state index >= 15 is 0 Å². The highest BCUT2D eigenvalue weighted by Gasteiger charge is 2.14. The van der Waals surface area contributed by atoms with Crippen molar-refractivity contribution in [2.45, 2.75) is 13.3 Å². The molecule has 6 heteroatoms. The summed E-state index contributed by atoms with van der Waals surface area (Å²) in [7, 11) is 0. The van der Waals surface area contributed by atoms with E-state index in [1.807, 2.05) is 36.4 Å². The third-order valence-corrected chi connectivity index (χ3v) is 4.66. The first kappa shape index (κ1) is 20.8. The number of aromatic hydroxyl groups is 1. The van der Waals surface area contributed by atoms with Crippen molar-refractivity contribution < 1.29 is 14.6 Å². The molecule has 152 valence electrons. The third-order valence-electron chi connectivity index (χ3n) is 4.66. The molecule has 0 bridgehead atoms. The van der Waals surface area contributed by atoms with E-state index in [1.165, 1.54) is 0 Å². The summed E-state index contributed by atoms with van der Waals surface area (Å²) in [6, 6.07) is 21.5. The normalized spacial score (nSPS) is 11.5. The van der Waals surface area contributed by atoms with Crippen LogP contribution in [0, 0.1) is 4.91 Å². The van der Waals surface area contributed by atoms with Crippen molar-refractivity contribution in [1.82, 2.24) is 0 Å². The number of carbonyl (C=O) groups is 1. The van der Waals surface area contributed by atoms with Gasteiger partial charge in [0.15, 0.2) is 6.61 Å². The number of phenolic OH excluding ortho intramolecular Hbond substituents is 1. The van der Waals surface area contributed by atoms with Crippen LogP contribution in [0.2, 0.25) is 0 Å². The van der Waals surface area contributed by atoms with Crippen molar-refractivity contribution in [3.63, 3.8) is 0 Å². The number of allylic oxidation sites excluding steroid dienone is 1. The van der Waals surface area contributed by atoms with Gasteiger partial charge in [-0.15, -0.1) is 4.91 Å².